The number of ketones is 2. The van der Waals surface area contributed by atoms with E-state index in [1.165, 1.54) is 6.92 Å². The number of unbranched alkanes of at least 4 members (excludes halogenated alkanes) is 1. The van der Waals surface area contributed by atoms with Gasteiger partial charge >= 0.3 is 0 Å². The van der Waals surface area contributed by atoms with Gasteiger partial charge in [0.05, 0.1) is 0 Å². The van der Waals surface area contributed by atoms with Gasteiger partial charge in [0.25, 0.3) is 0 Å². The molecule has 0 heterocycles. The number of hydrogen-bond donors (Lipinski definition) is 0. The predicted molar refractivity (Wildman–Crippen MR) is 44.4 cm³/mol. The van der Waals surface area contributed by atoms with Crippen LogP contribution in [-0.4, -0.2) is 11.6 Å². The third-order valence-electron chi connectivity index (χ3n) is 1.25. The summed E-state index contributed by atoms with van der Waals surface area (Å²) in [5.41, 5.74) is 0. The third-order valence-corrected chi connectivity index (χ3v) is 1.25. The molecule has 62 valence electrons. The van der Waals surface area contributed by atoms with Crippen molar-refractivity contribution in [1.29, 1.82) is 0 Å². The van der Waals surface area contributed by atoms with Crippen molar-refractivity contribution in [2.75, 3.05) is 0 Å². The first-order chi connectivity index (χ1) is 5.13. The summed E-state index contributed by atoms with van der Waals surface area (Å²) in [6.07, 6.45) is 5.63. The highest BCUT2D eigenvalue weighted by atomic mass is 16.1. The average molecular weight is 154 g/mol. The molecule has 0 unspecified atom stereocenters. The molecule has 0 aliphatic heterocycles. The van der Waals surface area contributed by atoms with E-state index in [1.54, 1.807) is 13.0 Å². The van der Waals surface area contributed by atoms with Gasteiger partial charge in [0, 0.05) is 6.42 Å². The van der Waals surface area contributed by atoms with Gasteiger partial charge in [0.2, 0.25) is 0 Å². The number of carbonyl (C=O) groups excluding carboxylic acids is 2. The summed E-state index contributed by atoms with van der Waals surface area (Å²) in [5, 5.41) is 0. The van der Waals surface area contributed by atoms with E-state index in [0.29, 0.717) is 6.42 Å². The van der Waals surface area contributed by atoms with Crippen LogP contribution in [0, 0.1) is 0 Å². The molecule has 0 saturated carbocycles. The van der Waals surface area contributed by atoms with Gasteiger partial charge in [-0.1, -0.05) is 6.08 Å². The fourth-order valence-corrected chi connectivity index (χ4v) is 0.718. The number of Topliss-reactive ketones (excluding diaryl/α,β-unsaturated/α-hetero) is 1. The number of allylic oxidation sites excluding steroid dienone is 2. The standard InChI is InChI=1S/C9H14O2/c1-8(10)6-4-3-5-7-9(2)11/h4,6H,3,5,7H2,1-2H3/b6-4+. The Morgan fingerprint density at radius 3 is 2.36 bits per heavy atom. The van der Waals surface area contributed by atoms with Crippen molar-refractivity contribution in [3.63, 3.8) is 0 Å². The van der Waals surface area contributed by atoms with E-state index < -0.39 is 0 Å². The van der Waals surface area contributed by atoms with Crippen LogP contribution in [0.25, 0.3) is 0 Å². The summed E-state index contributed by atoms with van der Waals surface area (Å²) < 4.78 is 0. The Morgan fingerprint density at radius 1 is 1.27 bits per heavy atom. The maximum atomic E-state index is 10.4. The summed E-state index contributed by atoms with van der Waals surface area (Å²) in [6.45, 7) is 3.09. The lowest BCUT2D eigenvalue weighted by Gasteiger charge is -1.89. The molecule has 0 amide bonds. The van der Waals surface area contributed by atoms with Gasteiger partial charge in [-0.15, -0.1) is 0 Å². The normalized spacial score (nSPS) is 10.4. The molecule has 11 heavy (non-hydrogen) atoms. The molecule has 2 heteroatoms. The Hall–Kier alpha value is -0.920. The molecule has 0 aromatic carbocycles. The van der Waals surface area contributed by atoms with Gasteiger partial charge in [-0.3, -0.25) is 4.79 Å². The first-order valence-corrected chi connectivity index (χ1v) is 3.79. The SMILES string of the molecule is CC(=O)/C=C/CCCC(C)=O. The van der Waals surface area contributed by atoms with Crippen LogP contribution in [0.1, 0.15) is 33.1 Å². The summed E-state index contributed by atoms with van der Waals surface area (Å²) in [5.74, 6) is 0.272. The van der Waals surface area contributed by atoms with Gasteiger partial charge in [-0.05, 0) is 32.8 Å². The van der Waals surface area contributed by atoms with Crippen LogP contribution in [0.15, 0.2) is 12.2 Å². The van der Waals surface area contributed by atoms with E-state index in [-0.39, 0.29) is 11.6 Å². The Morgan fingerprint density at radius 2 is 1.91 bits per heavy atom. The van der Waals surface area contributed by atoms with Crippen LogP contribution in [0.5, 0.6) is 0 Å². The maximum absolute atomic E-state index is 10.4. The third kappa shape index (κ3) is 9.08. The number of carbonyl (C=O) groups is 2. The van der Waals surface area contributed by atoms with Crippen molar-refractivity contribution in [1.82, 2.24) is 0 Å². The second kappa shape index (κ2) is 5.83. The van der Waals surface area contributed by atoms with Crippen LogP contribution in [-0.2, 0) is 9.59 Å². The van der Waals surface area contributed by atoms with E-state index in [1.807, 2.05) is 6.08 Å². The highest BCUT2D eigenvalue weighted by molar-refractivity contribution is 5.87. The average Bonchev–Trinajstić information content (AvgIpc) is 1.85. The van der Waals surface area contributed by atoms with E-state index in [2.05, 4.69) is 0 Å². The molecule has 0 aliphatic rings. The molecule has 0 spiro atoms. The minimum atomic E-state index is 0.0628. The monoisotopic (exact) mass is 154 g/mol. The molecule has 0 rings (SSSR count). The van der Waals surface area contributed by atoms with Crippen molar-refractivity contribution >= 4 is 11.6 Å². The van der Waals surface area contributed by atoms with Gasteiger partial charge in [0.1, 0.15) is 5.78 Å². The maximum Gasteiger partial charge on any atom is 0.152 e. The first kappa shape index (κ1) is 10.1. The number of rotatable bonds is 5. The molecule has 0 fully saturated rings. The second-order valence-electron chi connectivity index (χ2n) is 2.61. The predicted octanol–water partition coefficient (Wildman–Crippen LogP) is 1.89. The molecule has 0 N–H and O–H groups in total. The van der Waals surface area contributed by atoms with Crippen LogP contribution in [0.3, 0.4) is 0 Å². The molecular weight excluding hydrogens is 140 g/mol. The van der Waals surface area contributed by atoms with Crippen molar-refractivity contribution in [3.05, 3.63) is 12.2 Å². The fraction of sp³-hybridized carbons (Fsp3) is 0.556. The quantitative estimate of drug-likeness (QED) is 0.447. The van der Waals surface area contributed by atoms with Crippen molar-refractivity contribution < 1.29 is 9.59 Å². The molecule has 0 bridgehead atoms. The first-order valence-electron chi connectivity index (χ1n) is 3.79. The zero-order chi connectivity index (χ0) is 8.69. The molecule has 0 radical (unpaired) electrons. The molecule has 0 aromatic heterocycles. The minimum Gasteiger partial charge on any atom is -0.300 e. The Balaban J connectivity index is 3.27. The molecule has 2 nitrogen and oxygen atoms in total. The smallest absolute Gasteiger partial charge is 0.152 e. The second-order valence-corrected chi connectivity index (χ2v) is 2.61. The van der Waals surface area contributed by atoms with Crippen LogP contribution in [0.4, 0.5) is 0 Å². The summed E-state index contributed by atoms with van der Waals surface area (Å²) in [6, 6.07) is 0. The van der Waals surface area contributed by atoms with E-state index in [4.69, 9.17) is 0 Å². The topological polar surface area (TPSA) is 34.1 Å². The van der Waals surface area contributed by atoms with Crippen LogP contribution in [0.2, 0.25) is 0 Å². The van der Waals surface area contributed by atoms with Crippen molar-refractivity contribution in [2.24, 2.45) is 0 Å². The lowest BCUT2D eigenvalue weighted by molar-refractivity contribution is -0.117. The summed E-state index contributed by atoms with van der Waals surface area (Å²) in [7, 11) is 0. The zero-order valence-electron chi connectivity index (χ0n) is 7.09. The lowest BCUT2D eigenvalue weighted by atomic mass is 10.2. The van der Waals surface area contributed by atoms with Crippen molar-refractivity contribution in [2.45, 2.75) is 33.1 Å². The fourth-order valence-electron chi connectivity index (χ4n) is 0.718. The van der Waals surface area contributed by atoms with E-state index >= 15 is 0 Å². The summed E-state index contributed by atoms with van der Waals surface area (Å²) in [4.78, 5) is 20.8. The highest BCUT2D eigenvalue weighted by Crippen LogP contribution is 1.96. The lowest BCUT2D eigenvalue weighted by Crippen LogP contribution is -1.88. The van der Waals surface area contributed by atoms with E-state index in [9.17, 15) is 9.59 Å². The zero-order valence-corrected chi connectivity index (χ0v) is 7.09. The molecule has 0 saturated heterocycles. The molecule has 0 atom stereocenters. The Bertz CT molecular complexity index is 168. The Labute approximate surface area is 67.3 Å². The minimum absolute atomic E-state index is 0.0628. The van der Waals surface area contributed by atoms with E-state index in [0.717, 1.165) is 12.8 Å². The van der Waals surface area contributed by atoms with Gasteiger partial charge in [0.15, 0.2) is 5.78 Å². The Kier molecular flexibility index (Phi) is 5.35. The number of hydrogen-bond acceptors (Lipinski definition) is 2. The summed E-state index contributed by atoms with van der Waals surface area (Å²) >= 11 is 0. The van der Waals surface area contributed by atoms with Gasteiger partial charge in [-0.25, -0.2) is 0 Å². The largest absolute Gasteiger partial charge is 0.300 e. The molecular formula is C9H14O2. The molecule has 0 aliphatic carbocycles. The van der Waals surface area contributed by atoms with Gasteiger partial charge < -0.3 is 4.79 Å². The van der Waals surface area contributed by atoms with Gasteiger partial charge in [-0.2, -0.15) is 0 Å². The van der Waals surface area contributed by atoms with Crippen LogP contribution < -0.4 is 0 Å². The van der Waals surface area contributed by atoms with Crippen molar-refractivity contribution in [3.8, 4) is 0 Å². The van der Waals surface area contributed by atoms with Crippen LogP contribution >= 0.6 is 0 Å². The highest BCUT2D eigenvalue weighted by Gasteiger charge is 1.90. The molecule has 0 aromatic rings.